The van der Waals surface area contributed by atoms with E-state index in [1.165, 1.54) is 17.4 Å². The molecule has 0 saturated heterocycles. The molecule has 0 bridgehead atoms. The minimum Gasteiger partial charge on any atom is -0.298 e. The summed E-state index contributed by atoms with van der Waals surface area (Å²) in [6.45, 7) is 3.65. The number of hydrogen-bond donors (Lipinski definition) is 1. The second-order valence-corrected chi connectivity index (χ2v) is 7.18. The van der Waals surface area contributed by atoms with Crippen molar-refractivity contribution >= 4 is 37.5 Å². The molecule has 0 aliphatic heterocycles. The van der Waals surface area contributed by atoms with Crippen LogP contribution in [0.4, 0.5) is 4.39 Å². The van der Waals surface area contributed by atoms with E-state index in [9.17, 15) is 14.0 Å². The second kappa shape index (κ2) is 5.48. The van der Waals surface area contributed by atoms with Crippen LogP contribution in [0, 0.1) is 19.7 Å². The minimum atomic E-state index is -0.527. The van der Waals surface area contributed by atoms with Crippen molar-refractivity contribution in [3.8, 4) is 0 Å². The molecular weight excluding hydrogens is 371 g/mol. The smallest absolute Gasteiger partial charge is 0.298 e. The van der Waals surface area contributed by atoms with Gasteiger partial charge in [-0.15, -0.1) is 11.3 Å². The van der Waals surface area contributed by atoms with E-state index in [0.29, 0.717) is 20.3 Å². The first-order chi connectivity index (χ1) is 10.4. The van der Waals surface area contributed by atoms with Crippen LogP contribution in [-0.2, 0) is 6.54 Å². The van der Waals surface area contributed by atoms with E-state index in [0.717, 1.165) is 15.0 Å². The molecule has 1 aromatic carbocycles. The lowest BCUT2D eigenvalue weighted by Gasteiger charge is -2.07. The van der Waals surface area contributed by atoms with Gasteiger partial charge in [-0.05, 0) is 31.5 Å². The van der Waals surface area contributed by atoms with Gasteiger partial charge in [0.1, 0.15) is 10.6 Å². The zero-order valence-corrected chi connectivity index (χ0v) is 14.3. The summed E-state index contributed by atoms with van der Waals surface area (Å²) < 4.78 is 15.6. The van der Waals surface area contributed by atoms with Gasteiger partial charge in [0.2, 0.25) is 0 Å². The summed E-state index contributed by atoms with van der Waals surface area (Å²) in [6.07, 6.45) is 0. The van der Waals surface area contributed by atoms with Crippen LogP contribution in [-0.4, -0.2) is 9.55 Å². The number of thiophene rings is 1. The summed E-state index contributed by atoms with van der Waals surface area (Å²) >= 11 is 4.56. The van der Waals surface area contributed by atoms with Crippen LogP contribution in [0.3, 0.4) is 0 Å². The molecule has 0 radical (unpaired) electrons. The molecule has 0 aliphatic rings. The molecule has 3 aromatic rings. The molecule has 0 aliphatic carbocycles. The Morgan fingerprint density at radius 1 is 1.32 bits per heavy atom. The van der Waals surface area contributed by atoms with E-state index < -0.39 is 11.5 Å². The Morgan fingerprint density at radius 2 is 2.05 bits per heavy atom. The summed E-state index contributed by atoms with van der Waals surface area (Å²) in [5.74, 6) is -0.459. The summed E-state index contributed by atoms with van der Waals surface area (Å²) in [6, 6.07) is 4.55. The largest absolute Gasteiger partial charge is 0.329 e. The van der Waals surface area contributed by atoms with Gasteiger partial charge in [0, 0.05) is 14.9 Å². The maximum absolute atomic E-state index is 13.9. The van der Waals surface area contributed by atoms with Crippen LogP contribution in [0.15, 0.2) is 32.3 Å². The number of rotatable bonds is 2. The van der Waals surface area contributed by atoms with Crippen molar-refractivity contribution in [1.29, 1.82) is 0 Å². The van der Waals surface area contributed by atoms with Gasteiger partial charge < -0.3 is 0 Å². The lowest BCUT2D eigenvalue weighted by atomic mass is 10.2. The standard InChI is InChI=1S/C15H12BrFN2O2S/c1-7-8(2)22-13-12(7)14(20)19(15(21)18-13)6-9-3-4-10(16)5-11(9)17/h3-5H,6H2,1-2H3,(H,18,21). The lowest BCUT2D eigenvalue weighted by molar-refractivity contribution is 0.590. The van der Waals surface area contributed by atoms with Gasteiger partial charge >= 0.3 is 5.69 Å². The number of aromatic amines is 1. The highest BCUT2D eigenvalue weighted by atomic mass is 79.9. The molecule has 114 valence electrons. The zero-order valence-electron chi connectivity index (χ0n) is 11.9. The summed E-state index contributed by atoms with van der Waals surface area (Å²) in [5.41, 5.74) is 0.232. The van der Waals surface area contributed by atoms with E-state index in [4.69, 9.17) is 0 Å². The average molecular weight is 383 g/mol. The number of hydrogen-bond acceptors (Lipinski definition) is 3. The van der Waals surface area contributed by atoms with Crippen molar-refractivity contribution in [3.05, 3.63) is 65.3 Å². The van der Waals surface area contributed by atoms with Gasteiger partial charge in [-0.1, -0.05) is 22.0 Å². The van der Waals surface area contributed by atoms with Crippen LogP contribution < -0.4 is 11.2 Å². The van der Waals surface area contributed by atoms with Crippen LogP contribution in [0.1, 0.15) is 16.0 Å². The Bertz CT molecular complexity index is 1000. The van der Waals surface area contributed by atoms with E-state index in [1.54, 1.807) is 12.1 Å². The predicted molar refractivity (Wildman–Crippen MR) is 89.4 cm³/mol. The third kappa shape index (κ3) is 2.44. The van der Waals surface area contributed by atoms with Gasteiger partial charge in [0.15, 0.2) is 0 Å². The summed E-state index contributed by atoms with van der Waals surface area (Å²) in [5, 5.41) is 0.500. The normalized spacial score (nSPS) is 11.3. The number of nitrogens with one attached hydrogen (secondary N) is 1. The van der Waals surface area contributed by atoms with Crippen LogP contribution in [0.25, 0.3) is 10.2 Å². The Labute approximate surface area is 137 Å². The Kier molecular flexibility index (Phi) is 3.78. The van der Waals surface area contributed by atoms with Crippen LogP contribution >= 0.6 is 27.3 Å². The lowest BCUT2D eigenvalue weighted by Crippen LogP contribution is -2.35. The molecule has 22 heavy (non-hydrogen) atoms. The van der Waals surface area contributed by atoms with Crippen LogP contribution in [0.5, 0.6) is 0 Å². The number of nitrogens with zero attached hydrogens (tertiary/aromatic N) is 1. The number of aryl methyl sites for hydroxylation is 2. The first-order valence-corrected chi connectivity index (χ1v) is 8.16. The fourth-order valence-corrected chi connectivity index (χ4v) is 3.70. The third-order valence-electron chi connectivity index (χ3n) is 3.65. The van der Waals surface area contributed by atoms with Gasteiger partial charge in [-0.25, -0.2) is 9.18 Å². The molecule has 0 unspecified atom stereocenters. The van der Waals surface area contributed by atoms with Crippen molar-refractivity contribution in [2.24, 2.45) is 0 Å². The number of halogens is 2. The van der Waals surface area contributed by atoms with E-state index in [2.05, 4.69) is 20.9 Å². The quantitative estimate of drug-likeness (QED) is 0.738. The van der Waals surface area contributed by atoms with Gasteiger partial charge in [-0.3, -0.25) is 14.3 Å². The number of benzene rings is 1. The molecule has 0 spiro atoms. The number of fused-ring (bicyclic) bond motifs is 1. The minimum absolute atomic E-state index is 0.0996. The first-order valence-electron chi connectivity index (χ1n) is 6.55. The molecule has 0 amide bonds. The highest BCUT2D eigenvalue weighted by Crippen LogP contribution is 2.25. The topological polar surface area (TPSA) is 54.9 Å². The number of H-pyrrole nitrogens is 1. The maximum atomic E-state index is 13.9. The Hall–Kier alpha value is -1.73. The molecule has 1 N–H and O–H groups in total. The SMILES string of the molecule is Cc1sc2[nH]c(=O)n(Cc3ccc(Br)cc3F)c(=O)c2c1C. The van der Waals surface area contributed by atoms with Crippen molar-refractivity contribution in [3.63, 3.8) is 0 Å². The molecule has 3 rings (SSSR count). The molecule has 0 saturated carbocycles. The predicted octanol–water partition coefficient (Wildman–Crippen LogP) is 3.32. The van der Waals surface area contributed by atoms with Crippen molar-refractivity contribution in [2.75, 3.05) is 0 Å². The molecular formula is C15H12BrFN2O2S. The molecule has 0 atom stereocenters. The van der Waals surface area contributed by atoms with E-state index in [-0.39, 0.29) is 12.1 Å². The van der Waals surface area contributed by atoms with Gasteiger partial charge in [0.25, 0.3) is 5.56 Å². The first kappa shape index (κ1) is 15.2. The monoisotopic (exact) mass is 382 g/mol. The molecule has 7 heteroatoms. The van der Waals surface area contributed by atoms with Crippen molar-refractivity contribution in [2.45, 2.75) is 20.4 Å². The molecule has 2 aromatic heterocycles. The number of aromatic nitrogens is 2. The van der Waals surface area contributed by atoms with Crippen molar-refractivity contribution in [1.82, 2.24) is 9.55 Å². The van der Waals surface area contributed by atoms with Crippen LogP contribution in [0.2, 0.25) is 0 Å². The van der Waals surface area contributed by atoms with E-state index >= 15 is 0 Å². The highest BCUT2D eigenvalue weighted by Gasteiger charge is 2.15. The van der Waals surface area contributed by atoms with Crippen molar-refractivity contribution < 1.29 is 4.39 Å². The third-order valence-corrected chi connectivity index (χ3v) is 5.27. The average Bonchev–Trinajstić information content (AvgIpc) is 2.72. The van der Waals surface area contributed by atoms with Gasteiger partial charge in [0.05, 0.1) is 11.9 Å². The van der Waals surface area contributed by atoms with E-state index in [1.807, 2.05) is 13.8 Å². The summed E-state index contributed by atoms with van der Waals surface area (Å²) in [7, 11) is 0. The second-order valence-electron chi connectivity index (χ2n) is 5.04. The maximum Gasteiger partial charge on any atom is 0.329 e. The fraction of sp³-hybridized carbons (Fsp3) is 0.200. The molecule has 2 heterocycles. The Morgan fingerprint density at radius 3 is 2.73 bits per heavy atom. The Balaban J connectivity index is 2.21. The molecule has 4 nitrogen and oxygen atoms in total. The van der Waals surface area contributed by atoms with Gasteiger partial charge in [-0.2, -0.15) is 0 Å². The zero-order chi connectivity index (χ0) is 16.0. The molecule has 0 fully saturated rings. The summed E-state index contributed by atoms with van der Waals surface area (Å²) in [4.78, 5) is 29.0. The highest BCUT2D eigenvalue weighted by molar-refractivity contribution is 9.10. The fourth-order valence-electron chi connectivity index (χ4n) is 2.33.